The van der Waals surface area contributed by atoms with E-state index in [9.17, 15) is 18.0 Å². The molecule has 3 aromatic rings. The molecule has 0 aliphatic heterocycles. The van der Waals surface area contributed by atoms with Crippen LogP contribution in [-0.4, -0.2) is 59.0 Å². The number of ether oxygens (including phenoxy) is 2. The van der Waals surface area contributed by atoms with Gasteiger partial charge in [0.2, 0.25) is 11.8 Å². The van der Waals surface area contributed by atoms with Crippen LogP contribution in [0.5, 0.6) is 11.5 Å². The van der Waals surface area contributed by atoms with Crippen LogP contribution in [0.3, 0.4) is 0 Å². The summed E-state index contributed by atoms with van der Waals surface area (Å²) in [5, 5.41) is 2.81. The van der Waals surface area contributed by atoms with E-state index in [1.54, 1.807) is 62.6 Å². The number of carbonyl (C=O) groups excluding carboxylic acids is 2. The number of rotatable bonds is 11. The molecule has 0 aliphatic rings. The number of methoxy groups -OCH3 is 2. The summed E-state index contributed by atoms with van der Waals surface area (Å²) in [5.74, 6) is -0.148. The van der Waals surface area contributed by atoms with Crippen molar-refractivity contribution in [1.29, 1.82) is 0 Å². The Bertz CT molecular complexity index is 1370. The van der Waals surface area contributed by atoms with E-state index in [4.69, 9.17) is 21.1 Å². The number of sulfonamides is 1. The summed E-state index contributed by atoms with van der Waals surface area (Å²) >= 11 is 6.22. The van der Waals surface area contributed by atoms with E-state index >= 15 is 0 Å². The van der Waals surface area contributed by atoms with Crippen LogP contribution >= 0.6 is 11.6 Å². The lowest BCUT2D eigenvalue weighted by Crippen LogP contribution is -2.50. The summed E-state index contributed by atoms with van der Waals surface area (Å²) in [5.41, 5.74) is 0.821. The number of nitrogens with one attached hydrogen (secondary N) is 1. The minimum absolute atomic E-state index is 0.0177. The Morgan fingerprint density at radius 3 is 2.21 bits per heavy atom. The summed E-state index contributed by atoms with van der Waals surface area (Å²) in [4.78, 5) is 27.7. The highest BCUT2D eigenvalue weighted by molar-refractivity contribution is 7.92. The topological polar surface area (TPSA) is 105 Å². The molecule has 11 heteroatoms. The largest absolute Gasteiger partial charge is 0.497 e. The molecule has 1 unspecified atom stereocenters. The average molecular weight is 560 g/mol. The van der Waals surface area contributed by atoms with Crippen molar-refractivity contribution in [1.82, 2.24) is 10.2 Å². The number of halogens is 1. The Balaban J connectivity index is 2.07. The lowest BCUT2D eigenvalue weighted by Gasteiger charge is -2.32. The van der Waals surface area contributed by atoms with Gasteiger partial charge < -0.3 is 19.7 Å². The van der Waals surface area contributed by atoms with Crippen molar-refractivity contribution in [2.24, 2.45) is 0 Å². The summed E-state index contributed by atoms with van der Waals surface area (Å²) in [6.45, 7) is 1.03. The normalized spacial score (nSPS) is 11.8. The fourth-order valence-corrected chi connectivity index (χ4v) is 5.41. The molecule has 38 heavy (non-hydrogen) atoms. The van der Waals surface area contributed by atoms with Gasteiger partial charge in [-0.3, -0.25) is 13.9 Å². The number of benzene rings is 3. The van der Waals surface area contributed by atoms with Gasteiger partial charge >= 0.3 is 0 Å². The Labute approximate surface area is 228 Å². The molecule has 1 N–H and O–H groups in total. The van der Waals surface area contributed by atoms with Gasteiger partial charge in [-0.15, -0.1) is 0 Å². The Morgan fingerprint density at radius 2 is 1.63 bits per heavy atom. The van der Waals surface area contributed by atoms with Crippen molar-refractivity contribution < 1.29 is 27.5 Å². The molecule has 2 amide bonds. The van der Waals surface area contributed by atoms with Crippen molar-refractivity contribution in [2.75, 3.05) is 32.1 Å². The van der Waals surface area contributed by atoms with Gasteiger partial charge in [0.25, 0.3) is 10.0 Å². The van der Waals surface area contributed by atoms with Crippen LogP contribution in [0.15, 0.2) is 77.7 Å². The van der Waals surface area contributed by atoms with Gasteiger partial charge in [-0.2, -0.15) is 0 Å². The van der Waals surface area contributed by atoms with Crippen LogP contribution in [0.25, 0.3) is 0 Å². The summed E-state index contributed by atoms with van der Waals surface area (Å²) < 4.78 is 39.2. The highest BCUT2D eigenvalue weighted by Gasteiger charge is 2.33. The fourth-order valence-electron chi connectivity index (χ4n) is 3.81. The molecule has 0 radical (unpaired) electrons. The molecule has 0 spiro atoms. The Morgan fingerprint density at radius 1 is 0.974 bits per heavy atom. The van der Waals surface area contributed by atoms with Gasteiger partial charge in [0.1, 0.15) is 24.1 Å². The second-order valence-corrected chi connectivity index (χ2v) is 10.6. The monoisotopic (exact) mass is 559 g/mol. The van der Waals surface area contributed by atoms with Crippen molar-refractivity contribution in [2.45, 2.75) is 24.4 Å². The average Bonchev–Trinajstić information content (AvgIpc) is 2.94. The maximum atomic E-state index is 13.8. The smallest absolute Gasteiger partial charge is 0.264 e. The molecule has 0 aliphatic carbocycles. The molecule has 9 nitrogen and oxygen atoms in total. The second kappa shape index (κ2) is 12.7. The van der Waals surface area contributed by atoms with Gasteiger partial charge in [-0.05, 0) is 55.0 Å². The van der Waals surface area contributed by atoms with Gasteiger partial charge in [0.15, 0.2) is 0 Å². The highest BCUT2D eigenvalue weighted by atomic mass is 35.5. The molecule has 0 heterocycles. The van der Waals surface area contributed by atoms with E-state index in [0.717, 1.165) is 9.87 Å². The minimum Gasteiger partial charge on any atom is -0.497 e. The Kier molecular flexibility index (Phi) is 9.60. The lowest BCUT2D eigenvalue weighted by atomic mass is 10.1. The number of carbonyl (C=O) groups is 2. The first kappa shape index (κ1) is 28.8. The zero-order valence-corrected chi connectivity index (χ0v) is 23.1. The number of nitrogens with zero attached hydrogens (tertiary/aromatic N) is 2. The third-order valence-electron chi connectivity index (χ3n) is 5.95. The molecular formula is C27H30ClN3O6S. The van der Waals surface area contributed by atoms with Crippen LogP contribution in [0.1, 0.15) is 12.5 Å². The quantitative estimate of drug-likeness (QED) is 0.384. The first-order valence-electron chi connectivity index (χ1n) is 11.7. The zero-order valence-electron chi connectivity index (χ0n) is 21.5. The summed E-state index contributed by atoms with van der Waals surface area (Å²) in [6.07, 6.45) is 0. The zero-order chi connectivity index (χ0) is 27.9. The van der Waals surface area contributed by atoms with E-state index < -0.39 is 34.4 Å². The standard InChI is InChI=1S/C27H30ClN3O6S/c1-19(27(33)29-2)30(17-20-10-13-22(36-3)14-11-20)26(32)18-31(24-16-21(28)12-15-25(24)37-4)38(34,35)23-8-6-5-7-9-23/h5-16,19H,17-18H2,1-4H3,(H,29,33). The molecule has 0 fully saturated rings. The van der Waals surface area contributed by atoms with Crippen LogP contribution in [-0.2, 0) is 26.2 Å². The lowest BCUT2D eigenvalue weighted by molar-refractivity contribution is -0.139. The second-order valence-electron chi connectivity index (χ2n) is 8.30. The number of amides is 2. The molecule has 1 atom stereocenters. The molecule has 202 valence electrons. The minimum atomic E-state index is -4.24. The van der Waals surface area contributed by atoms with Crippen molar-refractivity contribution in [3.8, 4) is 11.5 Å². The van der Waals surface area contributed by atoms with E-state index in [1.807, 2.05) is 0 Å². The molecule has 3 rings (SSSR count). The first-order chi connectivity index (χ1) is 18.1. The van der Waals surface area contributed by atoms with Crippen LogP contribution in [0.2, 0.25) is 5.02 Å². The maximum Gasteiger partial charge on any atom is 0.264 e. The van der Waals surface area contributed by atoms with Crippen molar-refractivity contribution in [3.63, 3.8) is 0 Å². The third kappa shape index (κ3) is 6.56. The van der Waals surface area contributed by atoms with Crippen LogP contribution < -0.4 is 19.1 Å². The molecule has 3 aromatic carbocycles. The number of anilines is 1. The number of likely N-dealkylation sites (N-methyl/N-ethyl adjacent to an activating group) is 1. The number of hydrogen-bond acceptors (Lipinski definition) is 6. The molecular weight excluding hydrogens is 530 g/mol. The van der Waals surface area contributed by atoms with Gasteiger partial charge in [0, 0.05) is 18.6 Å². The maximum absolute atomic E-state index is 13.8. The van der Waals surface area contributed by atoms with E-state index in [-0.39, 0.29) is 27.9 Å². The molecule has 0 saturated heterocycles. The van der Waals surface area contributed by atoms with E-state index in [2.05, 4.69) is 5.32 Å². The van der Waals surface area contributed by atoms with Gasteiger partial charge in [-0.1, -0.05) is 41.9 Å². The van der Waals surface area contributed by atoms with E-state index in [1.165, 1.54) is 43.3 Å². The SMILES string of the molecule is CNC(=O)C(C)N(Cc1ccc(OC)cc1)C(=O)CN(c1cc(Cl)ccc1OC)S(=O)(=O)c1ccccc1. The van der Waals surface area contributed by atoms with Crippen molar-refractivity contribution >= 4 is 39.1 Å². The van der Waals surface area contributed by atoms with E-state index in [0.29, 0.717) is 5.75 Å². The summed E-state index contributed by atoms with van der Waals surface area (Å²) in [7, 11) is 0.175. The molecule has 0 saturated carbocycles. The van der Waals surface area contributed by atoms with Crippen LogP contribution in [0, 0.1) is 0 Å². The Hall–Kier alpha value is -3.76. The third-order valence-corrected chi connectivity index (χ3v) is 7.95. The summed E-state index contributed by atoms with van der Waals surface area (Å²) in [6, 6.07) is 18.4. The van der Waals surface area contributed by atoms with Gasteiger partial charge in [0.05, 0.1) is 24.8 Å². The predicted molar refractivity (Wildman–Crippen MR) is 146 cm³/mol. The molecule has 0 aromatic heterocycles. The molecule has 0 bridgehead atoms. The van der Waals surface area contributed by atoms with Crippen LogP contribution in [0.4, 0.5) is 5.69 Å². The fraction of sp³-hybridized carbons (Fsp3) is 0.259. The first-order valence-corrected chi connectivity index (χ1v) is 13.5. The van der Waals surface area contributed by atoms with Gasteiger partial charge in [-0.25, -0.2) is 8.42 Å². The number of hydrogen-bond donors (Lipinski definition) is 1. The van der Waals surface area contributed by atoms with Crippen molar-refractivity contribution in [3.05, 3.63) is 83.4 Å². The predicted octanol–water partition coefficient (Wildman–Crippen LogP) is 3.72. The highest BCUT2D eigenvalue weighted by Crippen LogP contribution is 2.35.